The highest BCUT2D eigenvalue weighted by atomic mass is 14.9. The molecule has 3 heteroatoms. The molecule has 1 atom stereocenters. The van der Waals surface area contributed by atoms with E-state index in [0.717, 1.165) is 12.1 Å². The Balaban J connectivity index is 2.13. The second-order valence-electron chi connectivity index (χ2n) is 5.63. The SMILES string of the molecule is CC1(C)CCC(Nc2cccc(C#N)c2N)C1. The van der Waals surface area contributed by atoms with E-state index in [1.54, 1.807) is 6.07 Å². The molecule has 3 N–H and O–H groups in total. The average molecular weight is 229 g/mol. The fraction of sp³-hybridized carbons (Fsp3) is 0.500. The fourth-order valence-electron chi connectivity index (χ4n) is 2.57. The summed E-state index contributed by atoms with van der Waals surface area (Å²) in [7, 11) is 0. The molecule has 0 saturated heterocycles. The van der Waals surface area contributed by atoms with Gasteiger partial charge in [0.2, 0.25) is 0 Å². The van der Waals surface area contributed by atoms with E-state index in [1.165, 1.54) is 12.8 Å². The van der Waals surface area contributed by atoms with Crippen molar-refractivity contribution in [1.82, 2.24) is 0 Å². The van der Waals surface area contributed by atoms with Gasteiger partial charge in [0.1, 0.15) is 6.07 Å². The van der Waals surface area contributed by atoms with E-state index in [1.807, 2.05) is 12.1 Å². The molecule has 2 rings (SSSR count). The molecule has 1 aliphatic carbocycles. The lowest BCUT2D eigenvalue weighted by Gasteiger charge is -2.19. The van der Waals surface area contributed by atoms with Crippen LogP contribution in [0.4, 0.5) is 11.4 Å². The van der Waals surface area contributed by atoms with Gasteiger partial charge in [-0.25, -0.2) is 0 Å². The Morgan fingerprint density at radius 3 is 2.82 bits per heavy atom. The first-order chi connectivity index (χ1) is 8.02. The maximum Gasteiger partial charge on any atom is 0.101 e. The lowest BCUT2D eigenvalue weighted by Crippen LogP contribution is -2.18. The Labute approximate surface area is 103 Å². The molecule has 0 heterocycles. The number of rotatable bonds is 2. The molecule has 0 radical (unpaired) electrons. The third kappa shape index (κ3) is 2.52. The van der Waals surface area contributed by atoms with E-state index in [9.17, 15) is 0 Å². The first kappa shape index (κ1) is 11.8. The van der Waals surface area contributed by atoms with Crippen LogP contribution in [0.25, 0.3) is 0 Å². The van der Waals surface area contributed by atoms with E-state index in [2.05, 4.69) is 25.2 Å². The van der Waals surface area contributed by atoms with E-state index >= 15 is 0 Å². The zero-order valence-corrected chi connectivity index (χ0v) is 10.5. The number of hydrogen-bond donors (Lipinski definition) is 2. The summed E-state index contributed by atoms with van der Waals surface area (Å²) >= 11 is 0. The van der Waals surface area contributed by atoms with Crippen LogP contribution in [0.5, 0.6) is 0 Å². The molecule has 17 heavy (non-hydrogen) atoms. The van der Waals surface area contributed by atoms with Crippen LogP contribution in [-0.2, 0) is 0 Å². The maximum atomic E-state index is 8.93. The van der Waals surface area contributed by atoms with Crippen LogP contribution in [0.3, 0.4) is 0 Å². The molecule has 90 valence electrons. The van der Waals surface area contributed by atoms with Crippen molar-refractivity contribution in [3.8, 4) is 6.07 Å². The van der Waals surface area contributed by atoms with Crippen LogP contribution in [0.1, 0.15) is 38.7 Å². The molecule has 0 aliphatic heterocycles. The molecule has 1 aromatic carbocycles. The third-order valence-corrected chi connectivity index (χ3v) is 3.55. The van der Waals surface area contributed by atoms with Crippen molar-refractivity contribution in [3.63, 3.8) is 0 Å². The smallest absolute Gasteiger partial charge is 0.101 e. The zero-order valence-electron chi connectivity index (χ0n) is 10.5. The molecular weight excluding hydrogens is 210 g/mol. The summed E-state index contributed by atoms with van der Waals surface area (Å²) in [6, 6.07) is 8.15. The molecule has 0 amide bonds. The largest absolute Gasteiger partial charge is 0.396 e. The average Bonchev–Trinajstić information content (AvgIpc) is 2.61. The van der Waals surface area contributed by atoms with Crippen LogP contribution in [0.2, 0.25) is 0 Å². The number of nitrogens with one attached hydrogen (secondary N) is 1. The monoisotopic (exact) mass is 229 g/mol. The highest BCUT2D eigenvalue weighted by Gasteiger charge is 2.30. The molecule has 1 saturated carbocycles. The van der Waals surface area contributed by atoms with E-state index < -0.39 is 0 Å². The second kappa shape index (κ2) is 4.29. The van der Waals surface area contributed by atoms with Gasteiger partial charge in [0.15, 0.2) is 0 Å². The Bertz CT molecular complexity index is 457. The summed E-state index contributed by atoms with van der Waals surface area (Å²) in [4.78, 5) is 0. The summed E-state index contributed by atoms with van der Waals surface area (Å²) in [5.74, 6) is 0. The first-order valence-electron chi connectivity index (χ1n) is 6.07. The van der Waals surface area contributed by atoms with Gasteiger partial charge < -0.3 is 11.1 Å². The van der Waals surface area contributed by atoms with Crippen LogP contribution in [-0.4, -0.2) is 6.04 Å². The van der Waals surface area contributed by atoms with Crippen molar-refractivity contribution in [2.45, 2.75) is 39.2 Å². The minimum absolute atomic E-state index is 0.416. The number of benzene rings is 1. The highest BCUT2D eigenvalue weighted by molar-refractivity contribution is 5.73. The lowest BCUT2D eigenvalue weighted by molar-refractivity contribution is 0.378. The van der Waals surface area contributed by atoms with Gasteiger partial charge in [0.25, 0.3) is 0 Å². The van der Waals surface area contributed by atoms with Gasteiger partial charge in [-0.15, -0.1) is 0 Å². The standard InChI is InChI=1S/C14H19N3/c1-14(2)7-6-11(8-14)17-12-5-3-4-10(9-15)13(12)16/h3-5,11,17H,6-8,16H2,1-2H3. The predicted molar refractivity (Wildman–Crippen MR) is 70.6 cm³/mol. The number of anilines is 2. The van der Waals surface area contributed by atoms with Crippen molar-refractivity contribution in [2.24, 2.45) is 5.41 Å². The Hall–Kier alpha value is -1.69. The first-order valence-corrected chi connectivity index (χ1v) is 6.07. The van der Waals surface area contributed by atoms with Crippen LogP contribution < -0.4 is 11.1 Å². The minimum atomic E-state index is 0.416. The summed E-state index contributed by atoms with van der Waals surface area (Å²) < 4.78 is 0. The summed E-state index contributed by atoms with van der Waals surface area (Å²) in [5, 5.41) is 12.4. The fourth-order valence-corrected chi connectivity index (χ4v) is 2.57. The van der Waals surface area contributed by atoms with Crippen LogP contribution in [0, 0.1) is 16.7 Å². The van der Waals surface area contributed by atoms with Crippen molar-refractivity contribution in [2.75, 3.05) is 11.1 Å². The van der Waals surface area contributed by atoms with Gasteiger partial charge in [0, 0.05) is 6.04 Å². The lowest BCUT2D eigenvalue weighted by atomic mass is 9.92. The normalized spacial score (nSPS) is 22.1. The number of nitrogens with two attached hydrogens (primary N) is 1. The Kier molecular flexibility index (Phi) is 2.97. The number of nitriles is 1. The molecule has 1 aromatic rings. The quantitative estimate of drug-likeness (QED) is 0.766. The predicted octanol–water partition coefficient (Wildman–Crippen LogP) is 3.13. The van der Waals surface area contributed by atoms with E-state index in [-0.39, 0.29) is 0 Å². The van der Waals surface area contributed by atoms with Crippen LogP contribution >= 0.6 is 0 Å². The van der Waals surface area contributed by atoms with Crippen molar-refractivity contribution in [1.29, 1.82) is 5.26 Å². The van der Waals surface area contributed by atoms with Crippen LogP contribution in [0.15, 0.2) is 18.2 Å². The summed E-state index contributed by atoms with van der Waals surface area (Å²) in [6.07, 6.45) is 3.56. The topological polar surface area (TPSA) is 61.8 Å². The van der Waals surface area contributed by atoms with Crippen molar-refractivity contribution < 1.29 is 0 Å². The van der Waals surface area contributed by atoms with Gasteiger partial charge in [0.05, 0.1) is 16.9 Å². The number of para-hydroxylation sites is 1. The van der Waals surface area contributed by atoms with E-state index in [0.29, 0.717) is 22.7 Å². The van der Waals surface area contributed by atoms with Crippen molar-refractivity contribution in [3.05, 3.63) is 23.8 Å². The van der Waals surface area contributed by atoms with Gasteiger partial charge in [-0.05, 0) is 36.8 Å². The molecular formula is C14H19N3. The highest BCUT2D eigenvalue weighted by Crippen LogP contribution is 2.39. The number of hydrogen-bond acceptors (Lipinski definition) is 3. The number of nitrogen functional groups attached to an aromatic ring is 1. The van der Waals surface area contributed by atoms with Crippen molar-refractivity contribution >= 4 is 11.4 Å². The van der Waals surface area contributed by atoms with Gasteiger partial charge >= 0.3 is 0 Å². The summed E-state index contributed by atoms with van der Waals surface area (Å²) in [6.45, 7) is 4.59. The molecule has 0 aromatic heterocycles. The molecule has 1 fully saturated rings. The molecule has 1 unspecified atom stereocenters. The summed E-state index contributed by atoms with van der Waals surface area (Å²) in [5.41, 5.74) is 8.38. The van der Waals surface area contributed by atoms with E-state index in [4.69, 9.17) is 11.0 Å². The maximum absolute atomic E-state index is 8.93. The molecule has 0 bridgehead atoms. The van der Waals surface area contributed by atoms with Gasteiger partial charge in [-0.1, -0.05) is 19.9 Å². The molecule has 1 aliphatic rings. The third-order valence-electron chi connectivity index (χ3n) is 3.55. The van der Waals surface area contributed by atoms with Gasteiger partial charge in [-0.3, -0.25) is 0 Å². The Morgan fingerprint density at radius 1 is 1.47 bits per heavy atom. The minimum Gasteiger partial charge on any atom is -0.396 e. The second-order valence-corrected chi connectivity index (χ2v) is 5.63. The van der Waals surface area contributed by atoms with Gasteiger partial charge in [-0.2, -0.15) is 5.26 Å². The Morgan fingerprint density at radius 2 is 2.24 bits per heavy atom. The molecule has 3 nitrogen and oxygen atoms in total. The molecule has 0 spiro atoms. The zero-order chi connectivity index (χ0) is 12.5. The number of nitrogens with zero attached hydrogens (tertiary/aromatic N) is 1.